The van der Waals surface area contributed by atoms with Crippen LogP contribution in [0.5, 0.6) is 0 Å². The minimum atomic E-state index is -0.974. The zero-order valence-electron chi connectivity index (χ0n) is 20.6. The van der Waals surface area contributed by atoms with E-state index in [2.05, 4.69) is 16.0 Å². The quantitative estimate of drug-likeness (QED) is 0.342. The second kappa shape index (κ2) is 11.3. The number of imide groups is 2. The minimum Gasteiger partial charge on any atom is -0.444 e. The molecule has 1 saturated heterocycles. The maximum atomic E-state index is 13.1. The van der Waals surface area contributed by atoms with E-state index in [4.69, 9.17) is 4.74 Å². The molecule has 0 unspecified atom stereocenters. The molecule has 1 aromatic rings. The summed E-state index contributed by atoms with van der Waals surface area (Å²) in [6.07, 6.45) is 4.52. The van der Waals surface area contributed by atoms with Gasteiger partial charge in [0.25, 0.3) is 11.8 Å². The van der Waals surface area contributed by atoms with Crippen LogP contribution in [0, 0.1) is 0 Å². The van der Waals surface area contributed by atoms with Gasteiger partial charge in [0.15, 0.2) is 0 Å². The Balaban J connectivity index is 1.42. The first-order chi connectivity index (χ1) is 16.6. The predicted octanol–water partition coefficient (Wildman–Crippen LogP) is 2.97. The lowest BCUT2D eigenvalue weighted by molar-refractivity contribution is -0.136. The first kappa shape index (κ1) is 26.2. The Bertz CT molecular complexity index is 1000. The summed E-state index contributed by atoms with van der Waals surface area (Å²) in [5.74, 6) is -2.04. The summed E-state index contributed by atoms with van der Waals surface area (Å²) >= 11 is 0. The van der Waals surface area contributed by atoms with Gasteiger partial charge in [-0.1, -0.05) is 25.3 Å². The molecule has 2 aliphatic heterocycles. The number of nitrogens with one attached hydrogen (secondary N) is 3. The zero-order chi connectivity index (χ0) is 25.6. The lowest BCUT2D eigenvalue weighted by atomic mass is 10.0. The molecule has 3 N–H and O–H groups in total. The highest BCUT2D eigenvalue weighted by Crippen LogP contribution is 2.32. The molecule has 10 heteroatoms. The number of fused-ring (bicyclic) bond motifs is 1. The summed E-state index contributed by atoms with van der Waals surface area (Å²) in [6.45, 7) is 6.68. The minimum absolute atomic E-state index is 0.0893. The highest BCUT2D eigenvalue weighted by molar-refractivity contribution is 6.25. The van der Waals surface area contributed by atoms with Crippen LogP contribution in [0.4, 0.5) is 10.5 Å². The third-order valence-electron chi connectivity index (χ3n) is 5.81. The topological polar surface area (TPSA) is 134 Å². The monoisotopic (exact) mass is 486 g/mol. The van der Waals surface area contributed by atoms with Crippen molar-refractivity contribution in [3.8, 4) is 0 Å². The van der Waals surface area contributed by atoms with Crippen molar-refractivity contribution in [3.05, 3.63) is 29.3 Å². The summed E-state index contributed by atoms with van der Waals surface area (Å²) in [5.41, 5.74) is 0.603. The summed E-state index contributed by atoms with van der Waals surface area (Å²) in [5, 5.41) is 8.20. The standard InChI is InChI=1S/C25H34N4O6/c1-25(2,3)35-24(34)27-15-8-6-4-5-7-14-26-17-11-9-10-16-20(17)23(33)29(22(16)32)18-12-13-19(30)28-21(18)31/h9-11,18,26H,4-8,12-15H2,1-3H3,(H,27,34)(H,28,30,31)/t18-/m1/s1. The highest BCUT2D eigenvalue weighted by atomic mass is 16.6. The molecular weight excluding hydrogens is 452 g/mol. The number of nitrogens with zero attached hydrogens (tertiary/aromatic N) is 1. The molecule has 2 heterocycles. The predicted molar refractivity (Wildman–Crippen MR) is 129 cm³/mol. The molecule has 190 valence electrons. The fourth-order valence-corrected chi connectivity index (χ4v) is 4.17. The summed E-state index contributed by atoms with van der Waals surface area (Å²) in [7, 11) is 0. The van der Waals surface area contributed by atoms with Gasteiger partial charge in [0.1, 0.15) is 11.6 Å². The number of benzene rings is 1. The molecule has 35 heavy (non-hydrogen) atoms. The largest absolute Gasteiger partial charge is 0.444 e. The lowest BCUT2D eigenvalue weighted by Gasteiger charge is -2.27. The molecule has 1 fully saturated rings. The van der Waals surface area contributed by atoms with Crippen molar-refractivity contribution in [2.75, 3.05) is 18.4 Å². The molecule has 0 radical (unpaired) electrons. The van der Waals surface area contributed by atoms with E-state index in [-0.39, 0.29) is 24.0 Å². The van der Waals surface area contributed by atoms with Gasteiger partial charge in [-0.3, -0.25) is 29.4 Å². The number of unbranched alkanes of at least 4 members (excludes halogenated alkanes) is 4. The Hall–Kier alpha value is -3.43. The van der Waals surface area contributed by atoms with Crippen molar-refractivity contribution in [2.24, 2.45) is 0 Å². The lowest BCUT2D eigenvalue weighted by Crippen LogP contribution is -2.54. The first-order valence-corrected chi connectivity index (χ1v) is 12.1. The van der Waals surface area contributed by atoms with Crippen LogP contribution in [-0.2, 0) is 14.3 Å². The molecule has 3 rings (SSSR count). The average molecular weight is 487 g/mol. The SMILES string of the molecule is CC(C)(C)OC(=O)NCCCCCCCNc1cccc2c1C(=O)N([C@@H]1CCC(=O)NC1=O)C2=O. The maximum absolute atomic E-state index is 13.1. The van der Waals surface area contributed by atoms with Gasteiger partial charge in [-0.25, -0.2) is 4.79 Å². The van der Waals surface area contributed by atoms with Crippen LogP contribution in [0.15, 0.2) is 18.2 Å². The second-order valence-electron chi connectivity index (χ2n) is 9.80. The molecule has 0 bridgehead atoms. The summed E-state index contributed by atoms with van der Waals surface area (Å²) < 4.78 is 5.20. The van der Waals surface area contributed by atoms with E-state index in [9.17, 15) is 24.0 Å². The summed E-state index contributed by atoms with van der Waals surface area (Å²) in [4.78, 5) is 62.2. The van der Waals surface area contributed by atoms with Crippen LogP contribution < -0.4 is 16.0 Å². The van der Waals surface area contributed by atoms with Crippen molar-refractivity contribution >= 4 is 35.4 Å². The third-order valence-corrected chi connectivity index (χ3v) is 5.81. The van der Waals surface area contributed by atoms with Crippen molar-refractivity contribution in [1.29, 1.82) is 0 Å². The smallest absolute Gasteiger partial charge is 0.407 e. The van der Waals surface area contributed by atoms with E-state index in [0.29, 0.717) is 18.8 Å². The highest BCUT2D eigenvalue weighted by Gasteiger charge is 2.45. The number of piperidine rings is 1. The Morgan fingerprint density at radius 2 is 1.71 bits per heavy atom. The van der Waals surface area contributed by atoms with Crippen LogP contribution in [-0.4, -0.2) is 59.4 Å². The number of rotatable bonds is 10. The molecule has 1 aromatic carbocycles. The Morgan fingerprint density at radius 1 is 1.03 bits per heavy atom. The molecule has 0 spiro atoms. The van der Waals surface area contributed by atoms with Gasteiger partial charge in [-0.15, -0.1) is 0 Å². The van der Waals surface area contributed by atoms with Crippen LogP contribution in [0.1, 0.15) is 86.4 Å². The molecule has 0 aliphatic carbocycles. The van der Waals surface area contributed by atoms with Crippen molar-refractivity contribution < 1.29 is 28.7 Å². The van der Waals surface area contributed by atoms with Gasteiger partial charge in [0, 0.05) is 25.2 Å². The van der Waals surface area contributed by atoms with Gasteiger partial charge >= 0.3 is 6.09 Å². The average Bonchev–Trinajstić information content (AvgIpc) is 3.02. The van der Waals surface area contributed by atoms with Gasteiger partial charge in [0.05, 0.1) is 11.1 Å². The fourth-order valence-electron chi connectivity index (χ4n) is 4.17. The molecule has 2 aliphatic rings. The van der Waals surface area contributed by atoms with E-state index >= 15 is 0 Å². The number of hydrogen-bond donors (Lipinski definition) is 3. The Labute approximate surface area is 205 Å². The molecule has 0 aromatic heterocycles. The van der Waals surface area contributed by atoms with E-state index < -0.39 is 41.4 Å². The molecule has 10 nitrogen and oxygen atoms in total. The van der Waals surface area contributed by atoms with Gasteiger partial charge in [-0.2, -0.15) is 0 Å². The van der Waals surface area contributed by atoms with Crippen LogP contribution >= 0.6 is 0 Å². The van der Waals surface area contributed by atoms with Crippen LogP contribution in [0.3, 0.4) is 0 Å². The number of carbonyl (C=O) groups is 5. The van der Waals surface area contributed by atoms with Gasteiger partial charge in [-0.05, 0) is 52.2 Å². The number of alkyl carbamates (subject to hydrolysis) is 1. The molecule has 5 amide bonds. The summed E-state index contributed by atoms with van der Waals surface area (Å²) in [6, 6.07) is 4.06. The molecule has 1 atom stereocenters. The number of amides is 5. The normalized spacial score (nSPS) is 17.8. The van der Waals surface area contributed by atoms with E-state index in [1.807, 2.05) is 20.8 Å². The Morgan fingerprint density at radius 3 is 2.40 bits per heavy atom. The number of anilines is 1. The fraction of sp³-hybridized carbons (Fsp3) is 0.560. The number of carbonyl (C=O) groups excluding carboxylic acids is 5. The van der Waals surface area contributed by atoms with Gasteiger partial charge in [0.2, 0.25) is 11.8 Å². The van der Waals surface area contributed by atoms with Crippen LogP contribution in [0.2, 0.25) is 0 Å². The Kier molecular flexibility index (Phi) is 8.48. The molecular formula is C25H34N4O6. The van der Waals surface area contributed by atoms with Crippen molar-refractivity contribution in [1.82, 2.24) is 15.5 Å². The number of hydrogen-bond acceptors (Lipinski definition) is 7. The van der Waals surface area contributed by atoms with Crippen LogP contribution in [0.25, 0.3) is 0 Å². The first-order valence-electron chi connectivity index (χ1n) is 12.1. The maximum Gasteiger partial charge on any atom is 0.407 e. The second-order valence-corrected chi connectivity index (χ2v) is 9.80. The number of ether oxygens (including phenoxy) is 1. The van der Waals surface area contributed by atoms with Gasteiger partial charge < -0.3 is 15.4 Å². The van der Waals surface area contributed by atoms with E-state index in [1.165, 1.54) is 0 Å². The van der Waals surface area contributed by atoms with Crippen molar-refractivity contribution in [3.63, 3.8) is 0 Å². The van der Waals surface area contributed by atoms with Crippen molar-refractivity contribution in [2.45, 2.75) is 77.4 Å². The van der Waals surface area contributed by atoms with E-state index in [0.717, 1.165) is 37.0 Å². The zero-order valence-corrected chi connectivity index (χ0v) is 20.6. The molecule has 0 saturated carbocycles. The van der Waals surface area contributed by atoms with E-state index in [1.54, 1.807) is 18.2 Å². The third kappa shape index (κ3) is 6.80.